The standard InChI is InChI=1S/C6H11N5O.H4O7P2/c1-2-3-12-6-10-4(7)9-5(8)11-6;1-8(2,3)7-9(4,5)6/h2-3H2,1H3,(H4,7,8,9,10,11);(H2,1,2,3)(H2,4,5,6). The third-order valence-corrected chi connectivity index (χ3v) is 3.00. The van der Waals surface area contributed by atoms with E-state index >= 15 is 0 Å². The number of nitrogens with two attached hydrogens (primary N) is 2. The van der Waals surface area contributed by atoms with E-state index in [2.05, 4.69) is 19.3 Å². The smallest absolute Gasteiger partial charge is 0.463 e. The fourth-order valence-electron chi connectivity index (χ4n) is 0.785. The molecule has 15 heteroatoms. The van der Waals surface area contributed by atoms with Crippen LogP contribution in [0.3, 0.4) is 0 Å². The largest absolute Gasteiger partial charge is 0.478 e. The summed E-state index contributed by atoms with van der Waals surface area (Å²) >= 11 is 0. The molecular weight excluding hydrogens is 332 g/mol. The van der Waals surface area contributed by atoms with Crippen LogP contribution in [0.4, 0.5) is 11.9 Å². The van der Waals surface area contributed by atoms with Crippen molar-refractivity contribution in [2.75, 3.05) is 18.1 Å². The fourth-order valence-corrected chi connectivity index (χ4v) is 1.89. The Kier molecular flexibility index (Phi) is 7.68. The Morgan fingerprint density at radius 2 is 1.43 bits per heavy atom. The first-order valence-corrected chi connectivity index (χ1v) is 8.21. The van der Waals surface area contributed by atoms with Crippen LogP contribution in [0.5, 0.6) is 6.01 Å². The predicted octanol–water partition coefficient (Wildman–Crippen LogP) is -0.987. The summed E-state index contributed by atoms with van der Waals surface area (Å²) in [6.07, 6.45) is 0.880. The van der Waals surface area contributed by atoms with E-state index in [0.717, 1.165) is 6.42 Å². The van der Waals surface area contributed by atoms with Crippen LogP contribution in [0, 0.1) is 0 Å². The molecule has 21 heavy (non-hydrogen) atoms. The molecule has 0 atom stereocenters. The minimum atomic E-state index is -5.05. The van der Waals surface area contributed by atoms with Gasteiger partial charge < -0.3 is 35.8 Å². The molecule has 0 aliphatic heterocycles. The van der Waals surface area contributed by atoms with Gasteiger partial charge in [0.1, 0.15) is 0 Å². The fraction of sp³-hybridized carbons (Fsp3) is 0.500. The lowest BCUT2D eigenvalue weighted by atomic mass is 10.5. The van der Waals surface area contributed by atoms with E-state index in [1.165, 1.54) is 0 Å². The molecule has 1 heterocycles. The lowest BCUT2D eigenvalue weighted by Gasteiger charge is -2.03. The van der Waals surface area contributed by atoms with Gasteiger partial charge in [-0.3, -0.25) is 0 Å². The van der Waals surface area contributed by atoms with Crippen LogP contribution in [0.25, 0.3) is 0 Å². The number of hydrogen-bond acceptors (Lipinski definition) is 9. The predicted molar refractivity (Wildman–Crippen MR) is 69.6 cm³/mol. The molecule has 0 amide bonds. The van der Waals surface area contributed by atoms with Crippen molar-refractivity contribution in [3.05, 3.63) is 0 Å². The lowest BCUT2D eigenvalue weighted by Crippen LogP contribution is -2.06. The number of nitrogens with zero attached hydrogens (tertiary/aromatic N) is 3. The molecular formula is C6H15N5O8P2. The van der Waals surface area contributed by atoms with Crippen LogP contribution in [0.1, 0.15) is 13.3 Å². The second-order valence-corrected chi connectivity index (χ2v) is 5.86. The Labute approximate surface area is 118 Å². The lowest BCUT2D eigenvalue weighted by molar-refractivity contribution is 0.225. The SMILES string of the molecule is CCCOc1nc(N)nc(N)n1.O=P(O)(O)OP(=O)(O)O. The quantitative estimate of drug-likeness (QED) is 0.352. The molecule has 0 saturated heterocycles. The number of anilines is 2. The van der Waals surface area contributed by atoms with Gasteiger partial charge in [0.15, 0.2) is 0 Å². The maximum Gasteiger partial charge on any atom is 0.478 e. The van der Waals surface area contributed by atoms with Crippen LogP contribution >= 0.6 is 15.6 Å². The van der Waals surface area contributed by atoms with E-state index in [-0.39, 0.29) is 17.9 Å². The normalized spacial score (nSPS) is 11.5. The third kappa shape index (κ3) is 12.1. The number of ether oxygens (including phenoxy) is 1. The van der Waals surface area contributed by atoms with Crippen molar-refractivity contribution in [2.45, 2.75) is 13.3 Å². The van der Waals surface area contributed by atoms with E-state index in [0.29, 0.717) is 6.61 Å². The molecule has 0 aliphatic rings. The minimum Gasteiger partial charge on any atom is -0.463 e. The highest BCUT2D eigenvalue weighted by Gasteiger charge is 2.27. The Morgan fingerprint density at radius 3 is 1.71 bits per heavy atom. The molecule has 0 unspecified atom stereocenters. The highest BCUT2D eigenvalue weighted by atomic mass is 31.3. The average molecular weight is 347 g/mol. The van der Waals surface area contributed by atoms with Gasteiger partial charge in [0.25, 0.3) is 0 Å². The summed E-state index contributed by atoms with van der Waals surface area (Å²) in [5.74, 6) is 0.155. The monoisotopic (exact) mass is 347 g/mol. The molecule has 1 aromatic rings. The summed E-state index contributed by atoms with van der Waals surface area (Å²) in [6, 6.07) is 0.182. The number of hydrogen-bond donors (Lipinski definition) is 6. The molecule has 0 aromatic carbocycles. The maximum absolute atomic E-state index is 9.63. The highest BCUT2D eigenvalue weighted by molar-refractivity contribution is 7.60. The highest BCUT2D eigenvalue weighted by Crippen LogP contribution is 2.53. The first kappa shape index (κ1) is 19.7. The minimum absolute atomic E-state index is 0.0774. The number of nitrogen functional groups attached to an aromatic ring is 2. The van der Waals surface area contributed by atoms with Gasteiger partial charge in [0.05, 0.1) is 6.61 Å². The van der Waals surface area contributed by atoms with Crippen LogP contribution in [-0.4, -0.2) is 41.1 Å². The van der Waals surface area contributed by atoms with Gasteiger partial charge in [0.2, 0.25) is 11.9 Å². The van der Waals surface area contributed by atoms with Crippen LogP contribution in [0.15, 0.2) is 0 Å². The molecule has 0 spiro atoms. The first-order valence-electron chi connectivity index (χ1n) is 5.15. The Morgan fingerprint density at radius 1 is 1.00 bits per heavy atom. The zero-order valence-electron chi connectivity index (χ0n) is 10.7. The summed E-state index contributed by atoms with van der Waals surface area (Å²) in [5.41, 5.74) is 10.6. The van der Waals surface area contributed by atoms with E-state index in [4.69, 9.17) is 35.8 Å². The molecule has 0 saturated carbocycles. The van der Waals surface area contributed by atoms with E-state index < -0.39 is 15.6 Å². The Balaban J connectivity index is 0.000000400. The number of rotatable bonds is 5. The topological polar surface area (TPSA) is 224 Å². The second-order valence-electron chi connectivity index (χ2n) is 3.25. The van der Waals surface area contributed by atoms with Crippen LogP contribution in [0.2, 0.25) is 0 Å². The van der Waals surface area contributed by atoms with Gasteiger partial charge in [-0.25, -0.2) is 9.13 Å². The van der Waals surface area contributed by atoms with Gasteiger partial charge in [-0.2, -0.15) is 19.3 Å². The van der Waals surface area contributed by atoms with Gasteiger partial charge in [-0.1, -0.05) is 6.92 Å². The molecule has 122 valence electrons. The zero-order chi connectivity index (χ0) is 16.7. The van der Waals surface area contributed by atoms with Crippen molar-refractivity contribution in [3.8, 4) is 6.01 Å². The Bertz CT molecular complexity index is 504. The van der Waals surface area contributed by atoms with Gasteiger partial charge in [0, 0.05) is 0 Å². The summed E-state index contributed by atoms with van der Waals surface area (Å²) in [4.78, 5) is 42.0. The molecule has 0 aliphatic carbocycles. The number of phosphoric acid groups is 2. The van der Waals surface area contributed by atoms with Crippen molar-refractivity contribution in [2.24, 2.45) is 0 Å². The number of aromatic nitrogens is 3. The summed E-state index contributed by atoms with van der Waals surface area (Å²) in [7, 11) is -10.1. The third-order valence-electron chi connectivity index (χ3n) is 1.30. The van der Waals surface area contributed by atoms with E-state index in [1.807, 2.05) is 6.92 Å². The molecule has 0 fully saturated rings. The van der Waals surface area contributed by atoms with E-state index in [1.54, 1.807) is 0 Å². The summed E-state index contributed by atoms with van der Waals surface area (Å²) in [6.45, 7) is 2.52. The second kappa shape index (κ2) is 8.20. The summed E-state index contributed by atoms with van der Waals surface area (Å²) in [5, 5.41) is 0. The first-order chi connectivity index (χ1) is 9.43. The average Bonchev–Trinajstić information content (AvgIpc) is 2.20. The molecule has 0 radical (unpaired) electrons. The molecule has 13 nitrogen and oxygen atoms in total. The maximum atomic E-state index is 9.63. The van der Waals surface area contributed by atoms with E-state index in [9.17, 15) is 9.13 Å². The van der Waals surface area contributed by atoms with Crippen molar-refractivity contribution in [3.63, 3.8) is 0 Å². The molecule has 1 rings (SSSR count). The van der Waals surface area contributed by atoms with Crippen LogP contribution < -0.4 is 16.2 Å². The van der Waals surface area contributed by atoms with Gasteiger partial charge in [-0.15, -0.1) is 0 Å². The van der Waals surface area contributed by atoms with Gasteiger partial charge in [-0.05, 0) is 6.42 Å². The van der Waals surface area contributed by atoms with Crippen molar-refractivity contribution >= 4 is 27.5 Å². The molecule has 8 N–H and O–H groups in total. The van der Waals surface area contributed by atoms with Crippen molar-refractivity contribution in [1.29, 1.82) is 0 Å². The van der Waals surface area contributed by atoms with Crippen LogP contribution in [-0.2, 0) is 13.4 Å². The Hall–Kier alpha value is -1.33. The zero-order valence-corrected chi connectivity index (χ0v) is 12.5. The molecule has 0 bridgehead atoms. The molecule has 1 aromatic heterocycles. The van der Waals surface area contributed by atoms with Crippen molar-refractivity contribution < 1.29 is 37.8 Å². The summed E-state index contributed by atoms with van der Waals surface area (Å²) < 4.78 is 27.3. The van der Waals surface area contributed by atoms with Gasteiger partial charge >= 0.3 is 21.7 Å². The van der Waals surface area contributed by atoms with Crippen molar-refractivity contribution in [1.82, 2.24) is 15.0 Å².